The number of carbonyl (C=O) groups excluding carboxylic acids is 3. The third-order valence-corrected chi connectivity index (χ3v) is 13.8. The van der Waals surface area contributed by atoms with Crippen LogP contribution in [0.4, 0.5) is 0 Å². The molecule has 3 saturated heterocycles. The normalized spacial score (nSPS) is 41.9. The highest BCUT2D eigenvalue weighted by atomic mass is 16.7. The highest BCUT2D eigenvalue weighted by molar-refractivity contribution is 5.92. The van der Waals surface area contributed by atoms with Crippen LogP contribution in [0.5, 0.6) is 0 Å². The van der Waals surface area contributed by atoms with Crippen molar-refractivity contribution in [3.05, 3.63) is 36.0 Å². The predicted octanol–water partition coefficient (Wildman–Crippen LogP) is 1.55. The molecule has 21 atom stereocenters. The van der Waals surface area contributed by atoms with Gasteiger partial charge in [0.05, 0.1) is 55.2 Å². The van der Waals surface area contributed by atoms with E-state index >= 15 is 0 Å². The third-order valence-electron chi connectivity index (χ3n) is 13.8. The second-order valence-corrected chi connectivity index (χ2v) is 19.8. The van der Waals surface area contributed by atoms with Crippen LogP contribution >= 0.6 is 0 Å². The lowest BCUT2D eigenvalue weighted by molar-refractivity contribution is -0.341. The molecule has 72 heavy (non-hydrogen) atoms. The van der Waals surface area contributed by atoms with Crippen LogP contribution in [0.3, 0.4) is 0 Å². The summed E-state index contributed by atoms with van der Waals surface area (Å²) in [5, 5.41) is 71.4. The number of aliphatic hydroxyl groups excluding tert-OH is 4. The standard InChI is InChI=1S/C46H77NO17.C4H4O4/c1-13-33-30(22-58-45-42(57-12)41(56-11)37(52)26(5)60-45)18-23(2)14-15-31(49)24(3)19-29(16-17-48)39(25(4)32(50)20-34(51)62-33)64-44-38(53)36(47(9)10)40(27(6)61-44)63-35-21-46(8,55)43(54)28(7)59-35;5-3(6)1-2-4(7)8/h14-15,17-18,24-30,32-33,35-45,50,52-55H,13,16,19-22H2,1-12H3;1-2H,(H,5,6)(H,7,8)/b15-14+,23-18+;2-1-/t24-,25+,26-,27-,28+,29+,30?,32-,33-,35+,36-,37-,38-,39-,40-,41-,42-,43+,44-,45-,46-;/m1./s1. The Hall–Kier alpha value is -3.59. The number of carbonyl (C=O) groups is 5. The van der Waals surface area contributed by atoms with Gasteiger partial charge in [-0.15, -0.1) is 0 Å². The van der Waals surface area contributed by atoms with Gasteiger partial charge in [0.1, 0.15) is 49.0 Å². The van der Waals surface area contributed by atoms with Crippen LogP contribution in [-0.2, 0) is 66.6 Å². The van der Waals surface area contributed by atoms with Crippen LogP contribution in [-0.4, -0.2) is 209 Å². The molecule has 0 spiro atoms. The number of aliphatic carboxylic acids is 2. The minimum absolute atomic E-state index is 0.00788. The summed E-state index contributed by atoms with van der Waals surface area (Å²) >= 11 is 0. The molecule has 3 fully saturated rings. The number of methoxy groups -OCH3 is 2. The first-order valence-electron chi connectivity index (χ1n) is 24.4. The number of aliphatic hydroxyl groups is 5. The van der Waals surface area contributed by atoms with Crippen molar-refractivity contribution in [2.24, 2.45) is 23.7 Å². The third kappa shape index (κ3) is 17.5. The summed E-state index contributed by atoms with van der Waals surface area (Å²) in [6, 6.07) is -0.748. The Balaban J connectivity index is 0.00000157. The van der Waals surface area contributed by atoms with Gasteiger partial charge in [-0.3, -0.25) is 9.59 Å². The molecule has 4 aliphatic heterocycles. The lowest BCUT2D eigenvalue weighted by Crippen LogP contribution is -2.65. The van der Waals surface area contributed by atoms with Crippen molar-refractivity contribution in [2.75, 3.05) is 34.9 Å². The van der Waals surface area contributed by atoms with Crippen LogP contribution < -0.4 is 0 Å². The van der Waals surface area contributed by atoms with Crippen molar-refractivity contribution in [1.29, 1.82) is 0 Å². The summed E-state index contributed by atoms with van der Waals surface area (Å²) in [6.07, 6.45) is -7.37. The Bertz CT molecular complexity index is 1820. The Morgan fingerprint density at radius 3 is 1.99 bits per heavy atom. The van der Waals surface area contributed by atoms with Gasteiger partial charge in [0.15, 0.2) is 24.7 Å². The number of ketones is 1. The van der Waals surface area contributed by atoms with Crippen LogP contribution in [0, 0.1) is 23.7 Å². The van der Waals surface area contributed by atoms with E-state index in [1.165, 1.54) is 27.2 Å². The van der Waals surface area contributed by atoms with Gasteiger partial charge in [0.2, 0.25) is 0 Å². The molecule has 7 N–H and O–H groups in total. The number of rotatable bonds is 15. The smallest absolute Gasteiger partial charge is 0.328 e. The number of esters is 1. The number of nitrogens with zero attached hydrogens (tertiary/aromatic N) is 1. The van der Waals surface area contributed by atoms with Gasteiger partial charge in [-0.25, -0.2) is 9.59 Å². The molecule has 22 heteroatoms. The lowest BCUT2D eigenvalue weighted by atomic mass is 9.79. The fourth-order valence-corrected chi connectivity index (χ4v) is 9.65. The fourth-order valence-electron chi connectivity index (χ4n) is 9.65. The van der Waals surface area contributed by atoms with Gasteiger partial charge in [-0.2, -0.15) is 0 Å². The number of likely N-dealkylation sites (N-methyl/N-ethyl adjacent to an activating group) is 1. The molecule has 412 valence electrons. The predicted molar refractivity (Wildman–Crippen MR) is 255 cm³/mol. The van der Waals surface area contributed by atoms with Gasteiger partial charge < -0.3 is 88.1 Å². The number of carboxylic acid groups (broad SMARTS) is 2. The van der Waals surface area contributed by atoms with Gasteiger partial charge in [-0.1, -0.05) is 38.5 Å². The average molecular weight is 1030 g/mol. The maximum Gasteiger partial charge on any atom is 0.328 e. The monoisotopic (exact) mass is 1030 g/mol. The Kier molecular flexibility index (Phi) is 25.2. The SMILES string of the molecule is CC[C@H]1OC(=O)C[C@@H](O)[C@H](C)[C@@H](O[C@H]2O[C@H](C)[C@@H](O[C@H]3C[C@@](C)(O)[C@@H](O)[C@H](C)O3)[C@H](N(C)C)[C@H]2O)[C@@H](CC=O)C[C@@H](C)C(=O)/C=C/C(C)=C/C1CO[C@@H]1O[C@H](C)[C@@H](O)[C@@H](OC)[C@H]1OC.O=C(O)/C=C\C(=O)O. The number of ether oxygens (including phenoxy) is 9. The molecular weight excluding hydrogens is 951 g/mol. The molecule has 0 aromatic rings. The van der Waals surface area contributed by atoms with Crippen molar-refractivity contribution in [1.82, 2.24) is 4.90 Å². The molecule has 4 heterocycles. The van der Waals surface area contributed by atoms with Crippen LogP contribution in [0.1, 0.15) is 87.5 Å². The van der Waals surface area contributed by atoms with Crippen LogP contribution in [0.25, 0.3) is 0 Å². The largest absolute Gasteiger partial charge is 0.478 e. The van der Waals surface area contributed by atoms with E-state index < -0.39 is 152 Å². The summed E-state index contributed by atoms with van der Waals surface area (Å²) in [7, 11) is 6.43. The van der Waals surface area contributed by atoms with Crippen molar-refractivity contribution in [3.63, 3.8) is 0 Å². The highest BCUT2D eigenvalue weighted by Gasteiger charge is 2.52. The van der Waals surface area contributed by atoms with Crippen LogP contribution in [0.2, 0.25) is 0 Å². The number of carboxylic acids is 2. The maximum atomic E-state index is 13.8. The summed E-state index contributed by atoms with van der Waals surface area (Å²) in [6.45, 7) is 13.6. The minimum atomic E-state index is -1.49. The van der Waals surface area contributed by atoms with E-state index in [-0.39, 0.29) is 31.7 Å². The molecule has 0 aromatic heterocycles. The summed E-state index contributed by atoms with van der Waals surface area (Å²) in [4.78, 5) is 60.6. The molecule has 1 unspecified atom stereocenters. The zero-order valence-electron chi connectivity index (χ0n) is 43.5. The first-order valence-corrected chi connectivity index (χ1v) is 24.4. The zero-order chi connectivity index (χ0) is 54.4. The average Bonchev–Trinajstić information content (AvgIpc) is 3.30. The number of cyclic esters (lactones) is 1. The van der Waals surface area contributed by atoms with E-state index in [0.29, 0.717) is 24.1 Å². The summed E-state index contributed by atoms with van der Waals surface area (Å²) < 4.78 is 54.7. The van der Waals surface area contributed by atoms with Crippen molar-refractivity contribution in [2.45, 2.75) is 191 Å². The molecule has 0 saturated carbocycles. The van der Waals surface area contributed by atoms with E-state index in [1.807, 2.05) is 19.9 Å². The number of hydrogen-bond donors (Lipinski definition) is 7. The van der Waals surface area contributed by atoms with E-state index in [1.54, 1.807) is 59.7 Å². The topological polar surface area (TPSA) is 313 Å². The minimum Gasteiger partial charge on any atom is -0.478 e. The highest BCUT2D eigenvalue weighted by Crippen LogP contribution is 2.37. The molecule has 4 rings (SSSR count). The van der Waals surface area contributed by atoms with Gasteiger partial charge >= 0.3 is 17.9 Å². The number of aldehydes is 1. The first kappa shape index (κ1) is 62.7. The van der Waals surface area contributed by atoms with E-state index in [9.17, 15) is 49.5 Å². The quantitative estimate of drug-likeness (QED) is 0.0695. The molecule has 0 amide bonds. The van der Waals surface area contributed by atoms with Crippen LogP contribution in [0.15, 0.2) is 36.0 Å². The number of allylic oxidation sites excluding steroid dienone is 3. The molecule has 0 aliphatic carbocycles. The van der Waals surface area contributed by atoms with Gasteiger partial charge in [0.25, 0.3) is 0 Å². The first-order chi connectivity index (χ1) is 33.7. The van der Waals surface area contributed by atoms with Gasteiger partial charge in [-0.05, 0) is 73.5 Å². The maximum absolute atomic E-state index is 13.8. The van der Waals surface area contributed by atoms with Crippen molar-refractivity contribution < 1.29 is 102 Å². The van der Waals surface area contributed by atoms with E-state index in [2.05, 4.69) is 0 Å². The molecular formula is C50H81NO21. The van der Waals surface area contributed by atoms with Gasteiger partial charge in [0, 0.05) is 57.0 Å². The zero-order valence-corrected chi connectivity index (χ0v) is 43.5. The Labute approximate surface area is 422 Å². The van der Waals surface area contributed by atoms with E-state index in [0.717, 1.165) is 6.29 Å². The Morgan fingerprint density at radius 2 is 1.44 bits per heavy atom. The summed E-state index contributed by atoms with van der Waals surface area (Å²) in [5.41, 5.74) is -0.806. The lowest BCUT2D eigenvalue weighted by Gasteiger charge is -2.50. The van der Waals surface area contributed by atoms with E-state index in [4.69, 9.17) is 52.8 Å². The number of hydrogen-bond acceptors (Lipinski definition) is 20. The fraction of sp³-hybridized carbons (Fsp3) is 0.780. The second-order valence-electron chi connectivity index (χ2n) is 19.8. The summed E-state index contributed by atoms with van der Waals surface area (Å²) in [5.74, 6) is -6.10. The molecule has 0 radical (unpaired) electrons. The molecule has 22 nitrogen and oxygen atoms in total. The molecule has 0 aromatic carbocycles. The Morgan fingerprint density at radius 1 is 0.833 bits per heavy atom. The molecule has 4 aliphatic rings. The van der Waals surface area contributed by atoms with Crippen molar-refractivity contribution >= 4 is 30.0 Å². The second kappa shape index (κ2) is 28.9. The van der Waals surface area contributed by atoms with Crippen molar-refractivity contribution in [3.8, 4) is 0 Å². The molecule has 0 bridgehead atoms.